The normalized spacial score (nSPS) is 10.5. The molecule has 0 radical (unpaired) electrons. The predicted molar refractivity (Wildman–Crippen MR) is 60.0 cm³/mol. The number of aliphatic hydroxyl groups excluding tert-OH is 1. The Morgan fingerprint density at radius 2 is 2.24 bits per heavy atom. The van der Waals surface area contributed by atoms with Crippen molar-refractivity contribution in [2.45, 2.75) is 13.0 Å². The van der Waals surface area contributed by atoms with Gasteiger partial charge in [0.2, 0.25) is 0 Å². The number of nitrogens with zero attached hydrogens (tertiary/aromatic N) is 1. The second-order valence-corrected chi connectivity index (χ2v) is 3.65. The van der Waals surface area contributed by atoms with Crippen molar-refractivity contribution in [3.05, 3.63) is 63.6 Å². The van der Waals surface area contributed by atoms with Gasteiger partial charge < -0.3 is 10.1 Å². The fourth-order valence-electron chi connectivity index (χ4n) is 1.50. The molecule has 88 valence electrons. The number of benzene rings is 1. The molecule has 0 saturated carbocycles. The predicted octanol–water partition coefficient (Wildman–Crippen LogP) is 0.992. The molecule has 5 heteroatoms. The summed E-state index contributed by atoms with van der Waals surface area (Å²) in [5.74, 6) is 0.120. The molecule has 2 rings (SSSR count). The van der Waals surface area contributed by atoms with E-state index in [4.69, 9.17) is 5.11 Å². The summed E-state index contributed by atoms with van der Waals surface area (Å²) in [4.78, 5) is 17.9. The second-order valence-electron chi connectivity index (χ2n) is 3.65. The monoisotopic (exact) mass is 234 g/mol. The highest BCUT2D eigenvalue weighted by Gasteiger charge is 2.03. The number of nitrogens with one attached hydrogen (secondary N) is 1. The van der Waals surface area contributed by atoms with E-state index in [9.17, 15) is 9.18 Å². The molecule has 1 aromatic heterocycles. The molecule has 0 bridgehead atoms. The summed E-state index contributed by atoms with van der Waals surface area (Å²) in [6, 6.07) is 6.10. The van der Waals surface area contributed by atoms with Crippen molar-refractivity contribution in [1.82, 2.24) is 9.97 Å². The minimum atomic E-state index is -0.367. The SMILES string of the molecule is O=c1[nH]c(Cc2cccc(F)c2)ncc1CO. The molecule has 0 amide bonds. The Hall–Kier alpha value is -2.01. The van der Waals surface area contributed by atoms with Gasteiger partial charge in [0, 0.05) is 12.6 Å². The van der Waals surface area contributed by atoms with Gasteiger partial charge in [-0.1, -0.05) is 12.1 Å². The average molecular weight is 234 g/mol. The number of aromatic nitrogens is 2. The van der Waals surface area contributed by atoms with Crippen molar-refractivity contribution in [2.24, 2.45) is 0 Å². The molecule has 0 atom stereocenters. The van der Waals surface area contributed by atoms with E-state index < -0.39 is 0 Å². The van der Waals surface area contributed by atoms with Gasteiger partial charge in [-0.2, -0.15) is 0 Å². The molecule has 2 aromatic rings. The molecule has 4 nitrogen and oxygen atoms in total. The molecule has 17 heavy (non-hydrogen) atoms. The van der Waals surface area contributed by atoms with Crippen LogP contribution in [0.3, 0.4) is 0 Å². The lowest BCUT2D eigenvalue weighted by molar-refractivity contribution is 0.279. The first-order valence-corrected chi connectivity index (χ1v) is 5.11. The molecule has 0 aliphatic heterocycles. The third-order valence-corrected chi connectivity index (χ3v) is 2.36. The van der Waals surface area contributed by atoms with Crippen LogP contribution in [0, 0.1) is 5.82 Å². The minimum Gasteiger partial charge on any atom is -0.391 e. The topological polar surface area (TPSA) is 66.0 Å². The summed E-state index contributed by atoms with van der Waals surface area (Å²) >= 11 is 0. The number of H-pyrrole nitrogens is 1. The maximum atomic E-state index is 12.9. The van der Waals surface area contributed by atoms with E-state index in [-0.39, 0.29) is 23.5 Å². The summed E-state index contributed by atoms with van der Waals surface area (Å²) in [5, 5.41) is 8.83. The number of rotatable bonds is 3. The molecule has 1 heterocycles. The van der Waals surface area contributed by atoms with Crippen LogP contribution in [0.25, 0.3) is 0 Å². The summed E-state index contributed by atoms with van der Waals surface area (Å²) in [6.07, 6.45) is 1.67. The van der Waals surface area contributed by atoms with E-state index >= 15 is 0 Å². The average Bonchev–Trinajstić information content (AvgIpc) is 2.29. The smallest absolute Gasteiger partial charge is 0.256 e. The lowest BCUT2D eigenvalue weighted by atomic mass is 10.1. The molecule has 1 aromatic carbocycles. The maximum absolute atomic E-state index is 12.9. The van der Waals surface area contributed by atoms with Gasteiger partial charge in [-0.15, -0.1) is 0 Å². The summed E-state index contributed by atoms with van der Waals surface area (Å²) in [5.41, 5.74) is 0.576. The maximum Gasteiger partial charge on any atom is 0.256 e. The molecular weight excluding hydrogens is 223 g/mol. The molecule has 0 aliphatic rings. The van der Waals surface area contributed by atoms with Crippen molar-refractivity contribution in [1.29, 1.82) is 0 Å². The fraction of sp³-hybridized carbons (Fsp3) is 0.167. The third kappa shape index (κ3) is 2.76. The first-order valence-electron chi connectivity index (χ1n) is 5.11. The quantitative estimate of drug-likeness (QED) is 0.832. The van der Waals surface area contributed by atoms with E-state index in [2.05, 4.69) is 9.97 Å². The van der Waals surface area contributed by atoms with Crippen LogP contribution in [0.2, 0.25) is 0 Å². The highest BCUT2D eigenvalue weighted by Crippen LogP contribution is 2.07. The zero-order valence-electron chi connectivity index (χ0n) is 8.98. The molecule has 0 aliphatic carbocycles. The molecule has 0 saturated heterocycles. The standard InChI is InChI=1S/C12H11FN2O2/c13-10-3-1-2-8(4-10)5-11-14-6-9(7-16)12(17)15-11/h1-4,6,16H,5,7H2,(H,14,15,17). The number of aromatic amines is 1. The van der Waals surface area contributed by atoms with Gasteiger partial charge in [-0.05, 0) is 17.7 Å². The Bertz CT molecular complexity index is 581. The zero-order valence-corrected chi connectivity index (χ0v) is 8.98. The first kappa shape index (κ1) is 11.5. The highest BCUT2D eigenvalue weighted by molar-refractivity contribution is 5.20. The first-order chi connectivity index (χ1) is 8.19. The summed E-state index contributed by atoms with van der Waals surface area (Å²) in [6.45, 7) is -0.345. The number of halogens is 1. The van der Waals surface area contributed by atoms with Crippen LogP contribution in [0.15, 0.2) is 35.3 Å². The van der Waals surface area contributed by atoms with Crippen molar-refractivity contribution >= 4 is 0 Å². The Labute approximate surface area is 96.8 Å². The minimum absolute atomic E-state index is 0.216. The number of hydrogen-bond donors (Lipinski definition) is 2. The van der Waals surface area contributed by atoms with Crippen LogP contribution in [0.1, 0.15) is 17.0 Å². The van der Waals surface area contributed by atoms with E-state index in [1.165, 1.54) is 18.3 Å². The molecule has 0 fully saturated rings. The molecule has 0 spiro atoms. The van der Waals surface area contributed by atoms with Crippen LogP contribution < -0.4 is 5.56 Å². The van der Waals surface area contributed by atoms with Crippen molar-refractivity contribution in [3.63, 3.8) is 0 Å². The van der Waals surface area contributed by atoms with Gasteiger partial charge >= 0.3 is 0 Å². The van der Waals surface area contributed by atoms with Gasteiger partial charge in [-0.3, -0.25) is 4.79 Å². The van der Waals surface area contributed by atoms with Crippen LogP contribution in [-0.4, -0.2) is 15.1 Å². The van der Waals surface area contributed by atoms with Gasteiger partial charge in [0.25, 0.3) is 5.56 Å². The summed E-state index contributed by atoms with van der Waals surface area (Å²) in [7, 11) is 0. The lowest BCUT2D eigenvalue weighted by Gasteiger charge is -2.02. The van der Waals surface area contributed by atoms with Crippen LogP contribution in [-0.2, 0) is 13.0 Å². The Morgan fingerprint density at radius 1 is 1.41 bits per heavy atom. The van der Waals surface area contributed by atoms with Crippen molar-refractivity contribution in [2.75, 3.05) is 0 Å². The van der Waals surface area contributed by atoms with E-state index in [0.29, 0.717) is 12.2 Å². The fourth-order valence-corrected chi connectivity index (χ4v) is 1.50. The zero-order chi connectivity index (χ0) is 12.3. The van der Waals surface area contributed by atoms with E-state index in [1.54, 1.807) is 12.1 Å². The molecule has 0 unspecified atom stereocenters. The lowest BCUT2D eigenvalue weighted by Crippen LogP contribution is -2.16. The van der Waals surface area contributed by atoms with E-state index in [0.717, 1.165) is 5.56 Å². The van der Waals surface area contributed by atoms with Crippen LogP contribution >= 0.6 is 0 Å². The number of aliphatic hydroxyl groups is 1. The van der Waals surface area contributed by atoms with Gasteiger partial charge in [0.05, 0.1) is 12.2 Å². The Balaban J connectivity index is 2.25. The van der Waals surface area contributed by atoms with Gasteiger partial charge in [0.15, 0.2) is 0 Å². The van der Waals surface area contributed by atoms with Crippen molar-refractivity contribution in [3.8, 4) is 0 Å². The summed E-state index contributed by atoms with van der Waals surface area (Å²) < 4.78 is 12.9. The van der Waals surface area contributed by atoms with Crippen molar-refractivity contribution < 1.29 is 9.50 Å². The second kappa shape index (κ2) is 4.88. The van der Waals surface area contributed by atoms with Crippen LogP contribution in [0.4, 0.5) is 4.39 Å². The largest absolute Gasteiger partial charge is 0.391 e. The number of hydrogen-bond acceptors (Lipinski definition) is 3. The molecule has 2 N–H and O–H groups in total. The third-order valence-electron chi connectivity index (χ3n) is 2.36. The Kier molecular flexibility index (Phi) is 3.30. The van der Waals surface area contributed by atoms with E-state index in [1.807, 2.05) is 0 Å². The Morgan fingerprint density at radius 3 is 2.88 bits per heavy atom. The molecular formula is C12H11FN2O2. The van der Waals surface area contributed by atoms with Crippen LogP contribution in [0.5, 0.6) is 0 Å². The van der Waals surface area contributed by atoms with Gasteiger partial charge in [-0.25, -0.2) is 9.37 Å². The highest BCUT2D eigenvalue weighted by atomic mass is 19.1. The van der Waals surface area contributed by atoms with Gasteiger partial charge in [0.1, 0.15) is 11.6 Å².